The van der Waals surface area contributed by atoms with Gasteiger partial charge in [0.15, 0.2) is 5.78 Å². The molecule has 4 nitrogen and oxygen atoms in total. The Balaban J connectivity index is 2.22. The molecule has 0 spiro atoms. The Morgan fingerprint density at radius 2 is 1.86 bits per heavy atom. The first kappa shape index (κ1) is 22.4. The summed E-state index contributed by atoms with van der Waals surface area (Å²) in [4.78, 5) is 27.6. The highest BCUT2D eigenvalue weighted by molar-refractivity contribution is 6.07. The van der Waals surface area contributed by atoms with Gasteiger partial charge in [-0.3, -0.25) is 9.59 Å². The quantitative estimate of drug-likeness (QED) is 0.397. The summed E-state index contributed by atoms with van der Waals surface area (Å²) >= 11 is 0. The summed E-state index contributed by atoms with van der Waals surface area (Å²) in [5.41, 5.74) is 0.604. The highest BCUT2D eigenvalue weighted by Crippen LogP contribution is 2.31. The molecule has 0 saturated carbocycles. The van der Waals surface area contributed by atoms with Gasteiger partial charge < -0.3 is 10.3 Å². The smallest absolute Gasteiger partial charge is 0.358 e. The molecule has 0 radical (unpaired) electrons. The molecule has 0 atom stereocenters. The first-order chi connectivity index (χ1) is 13.4. The van der Waals surface area contributed by atoms with Gasteiger partial charge in [-0.05, 0) is 49.6 Å². The van der Waals surface area contributed by atoms with E-state index in [9.17, 15) is 27.2 Å². The molecule has 0 aliphatic rings. The van der Waals surface area contributed by atoms with Crippen LogP contribution in [0.2, 0.25) is 0 Å². The maximum Gasteiger partial charge on any atom is 0.419 e. The average Bonchev–Trinajstić information content (AvgIpc) is 2.90. The number of hydrogen-bond acceptors (Lipinski definition) is 2. The second-order valence-electron chi connectivity index (χ2n) is 7.16. The molecule has 8 heteroatoms. The number of halogens is 4. The van der Waals surface area contributed by atoms with Crippen LogP contribution in [0, 0.1) is 25.6 Å². The Kier molecular flexibility index (Phi) is 6.66. The molecule has 2 rings (SSSR count). The third kappa shape index (κ3) is 5.34. The maximum atomic E-state index is 13.7. The van der Waals surface area contributed by atoms with Crippen LogP contribution in [0.1, 0.15) is 57.1 Å². The van der Waals surface area contributed by atoms with Crippen LogP contribution in [0.5, 0.6) is 0 Å². The van der Waals surface area contributed by atoms with Crippen LogP contribution in [0.4, 0.5) is 17.6 Å². The number of benzene rings is 1. The third-order valence-corrected chi connectivity index (χ3v) is 4.33. The van der Waals surface area contributed by atoms with E-state index >= 15 is 0 Å². The van der Waals surface area contributed by atoms with Gasteiger partial charge >= 0.3 is 6.18 Å². The number of carbonyl (C=O) groups is 2. The predicted octanol–water partition coefficient (Wildman–Crippen LogP) is 5.07. The number of hydrogen-bond donors (Lipinski definition) is 2. The fourth-order valence-corrected chi connectivity index (χ4v) is 2.82. The lowest BCUT2D eigenvalue weighted by atomic mass is 10.1. The molecule has 29 heavy (non-hydrogen) atoms. The van der Waals surface area contributed by atoms with Crippen molar-refractivity contribution in [1.29, 1.82) is 0 Å². The Morgan fingerprint density at radius 3 is 2.41 bits per heavy atom. The van der Waals surface area contributed by atoms with E-state index in [0.29, 0.717) is 47.1 Å². The minimum absolute atomic E-state index is 0.206. The monoisotopic (exact) mass is 410 g/mol. The molecular weight excluding hydrogens is 388 g/mol. The van der Waals surface area contributed by atoms with E-state index in [1.165, 1.54) is 6.08 Å². The summed E-state index contributed by atoms with van der Waals surface area (Å²) in [6.07, 6.45) is -2.29. The lowest BCUT2D eigenvalue weighted by molar-refractivity contribution is -0.140. The molecule has 156 valence electrons. The van der Waals surface area contributed by atoms with Crippen molar-refractivity contribution in [2.45, 2.75) is 33.9 Å². The van der Waals surface area contributed by atoms with Crippen molar-refractivity contribution in [1.82, 2.24) is 10.3 Å². The molecule has 0 fully saturated rings. The molecule has 0 saturated heterocycles. The zero-order valence-electron chi connectivity index (χ0n) is 16.5. The number of amides is 1. The molecule has 0 aliphatic carbocycles. The number of aryl methyl sites for hydroxylation is 1. The van der Waals surface area contributed by atoms with Crippen molar-refractivity contribution in [2.24, 2.45) is 5.92 Å². The number of ketones is 1. The first-order valence-corrected chi connectivity index (χ1v) is 8.98. The van der Waals surface area contributed by atoms with Gasteiger partial charge in [0.1, 0.15) is 5.82 Å². The molecule has 0 bridgehead atoms. The maximum absolute atomic E-state index is 13.7. The number of allylic oxidation sites excluding steroid dienone is 1. The first-order valence-electron chi connectivity index (χ1n) is 8.98. The number of aromatic amines is 1. The van der Waals surface area contributed by atoms with Crippen LogP contribution < -0.4 is 5.32 Å². The summed E-state index contributed by atoms with van der Waals surface area (Å²) < 4.78 is 51.5. The van der Waals surface area contributed by atoms with Gasteiger partial charge in [-0.25, -0.2) is 4.39 Å². The van der Waals surface area contributed by atoms with E-state index in [1.54, 1.807) is 13.8 Å². The largest absolute Gasteiger partial charge is 0.419 e. The normalized spacial score (nSPS) is 12.0. The van der Waals surface area contributed by atoms with E-state index in [2.05, 4.69) is 10.3 Å². The standard InChI is InChI=1S/C21H22F4N2O2/c1-11(2)10-26-20(29)19-12(3)17(27-13(19)4)7-8-18(28)14-5-6-15(16(22)9-14)21(23,24)25/h5-9,11,27H,10H2,1-4H3,(H,26,29)/b8-7+. The topological polar surface area (TPSA) is 62.0 Å². The number of aromatic nitrogens is 1. The fraction of sp³-hybridized carbons (Fsp3) is 0.333. The molecule has 0 unspecified atom stereocenters. The van der Waals surface area contributed by atoms with E-state index in [-0.39, 0.29) is 11.5 Å². The summed E-state index contributed by atoms with van der Waals surface area (Å²) in [6.45, 7) is 7.91. The lowest BCUT2D eigenvalue weighted by Gasteiger charge is -2.08. The summed E-state index contributed by atoms with van der Waals surface area (Å²) in [7, 11) is 0. The van der Waals surface area contributed by atoms with Crippen LogP contribution in [-0.2, 0) is 6.18 Å². The van der Waals surface area contributed by atoms with Crippen molar-refractivity contribution >= 4 is 17.8 Å². The van der Waals surface area contributed by atoms with Crippen molar-refractivity contribution < 1.29 is 27.2 Å². The third-order valence-electron chi connectivity index (χ3n) is 4.33. The SMILES string of the molecule is Cc1[nH]c(/C=C/C(=O)c2ccc(C(F)(F)F)c(F)c2)c(C)c1C(=O)NCC(C)C. The highest BCUT2D eigenvalue weighted by atomic mass is 19.4. The van der Waals surface area contributed by atoms with Crippen LogP contribution in [0.15, 0.2) is 24.3 Å². The molecule has 1 aromatic heterocycles. The number of alkyl halides is 3. The van der Waals surface area contributed by atoms with E-state index in [4.69, 9.17) is 0 Å². The van der Waals surface area contributed by atoms with Crippen LogP contribution >= 0.6 is 0 Å². The van der Waals surface area contributed by atoms with Crippen LogP contribution in [-0.4, -0.2) is 23.2 Å². The van der Waals surface area contributed by atoms with Gasteiger partial charge in [0.25, 0.3) is 5.91 Å². The summed E-state index contributed by atoms with van der Waals surface area (Å²) in [5.74, 6) is -2.11. The van der Waals surface area contributed by atoms with Gasteiger partial charge in [-0.15, -0.1) is 0 Å². The van der Waals surface area contributed by atoms with E-state index in [0.717, 1.165) is 12.1 Å². The Labute approximate surface area is 166 Å². The Morgan fingerprint density at radius 1 is 1.21 bits per heavy atom. The van der Waals surface area contributed by atoms with E-state index in [1.807, 2.05) is 13.8 Å². The average molecular weight is 410 g/mol. The molecule has 1 amide bonds. The van der Waals surface area contributed by atoms with Crippen molar-refractivity contribution in [3.05, 3.63) is 63.7 Å². The molecule has 0 aliphatic heterocycles. The minimum atomic E-state index is -4.83. The van der Waals surface area contributed by atoms with Gasteiger partial charge in [0.05, 0.1) is 11.1 Å². The van der Waals surface area contributed by atoms with Gasteiger partial charge in [-0.2, -0.15) is 13.2 Å². The van der Waals surface area contributed by atoms with Gasteiger partial charge in [0, 0.05) is 23.5 Å². The minimum Gasteiger partial charge on any atom is -0.358 e. The van der Waals surface area contributed by atoms with Gasteiger partial charge in [0.2, 0.25) is 0 Å². The second kappa shape index (κ2) is 8.63. The second-order valence-corrected chi connectivity index (χ2v) is 7.16. The van der Waals surface area contributed by atoms with Gasteiger partial charge in [-0.1, -0.05) is 19.9 Å². The molecule has 1 heterocycles. The zero-order valence-corrected chi connectivity index (χ0v) is 16.5. The summed E-state index contributed by atoms with van der Waals surface area (Å²) in [5, 5.41) is 2.82. The molecule has 2 aromatic rings. The Hall–Kier alpha value is -2.90. The Bertz CT molecular complexity index is 956. The highest BCUT2D eigenvalue weighted by Gasteiger charge is 2.34. The van der Waals surface area contributed by atoms with Crippen LogP contribution in [0.25, 0.3) is 6.08 Å². The van der Waals surface area contributed by atoms with Crippen molar-refractivity contribution in [3.8, 4) is 0 Å². The molecular formula is C21H22F4N2O2. The molecule has 1 aromatic carbocycles. The van der Waals surface area contributed by atoms with E-state index < -0.39 is 23.3 Å². The summed E-state index contributed by atoms with van der Waals surface area (Å²) in [6, 6.07) is 2.03. The number of H-pyrrole nitrogens is 1. The number of rotatable bonds is 6. The zero-order chi connectivity index (χ0) is 21.9. The number of nitrogens with one attached hydrogen (secondary N) is 2. The fourth-order valence-electron chi connectivity index (χ4n) is 2.82. The lowest BCUT2D eigenvalue weighted by Crippen LogP contribution is -2.28. The predicted molar refractivity (Wildman–Crippen MR) is 102 cm³/mol. The van der Waals surface area contributed by atoms with Crippen LogP contribution in [0.3, 0.4) is 0 Å². The van der Waals surface area contributed by atoms with Crippen molar-refractivity contribution in [3.63, 3.8) is 0 Å². The molecule has 2 N–H and O–H groups in total. The van der Waals surface area contributed by atoms with Crippen molar-refractivity contribution in [2.75, 3.05) is 6.54 Å². The number of carbonyl (C=O) groups excluding carboxylic acids is 2.